The number of benzene rings is 2. The minimum Gasteiger partial charge on any atom is -0.454 e. The molecule has 0 N–H and O–H groups in total. The lowest BCUT2D eigenvalue weighted by Crippen LogP contribution is -2.39. The van der Waals surface area contributed by atoms with E-state index in [-0.39, 0.29) is 18.5 Å². The van der Waals surface area contributed by atoms with E-state index in [2.05, 4.69) is 0 Å². The lowest BCUT2D eigenvalue weighted by Gasteiger charge is -2.32. The van der Waals surface area contributed by atoms with Crippen LogP contribution in [-0.2, 0) is 11.3 Å². The molecule has 6 heteroatoms. The molecule has 1 fully saturated rings. The molecule has 0 unspecified atom stereocenters. The smallest absolute Gasteiger partial charge is 0.253 e. The Morgan fingerprint density at radius 2 is 1.81 bits per heavy atom. The van der Waals surface area contributed by atoms with E-state index in [1.54, 1.807) is 30.3 Å². The van der Waals surface area contributed by atoms with Crippen LogP contribution in [0.25, 0.3) is 0 Å². The Bertz CT molecular complexity index is 800. The fourth-order valence-electron chi connectivity index (χ4n) is 3.44. The van der Waals surface area contributed by atoms with E-state index in [1.807, 2.05) is 4.90 Å². The molecule has 0 aliphatic carbocycles. The number of nitrogens with zero attached hydrogens (tertiary/aromatic N) is 1. The summed E-state index contributed by atoms with van der Waals surface area (Å²) in [5.41, 5.74) is 1.59. The van der Waals surface area contributed by atoms with E-state index in [4.69, 9.17) is 14.2 Å². The van der Waals surface area contributed by atoms with Gasteiger partial charge in [-0.2, -0.15) is 0 Å². The lowest BCUT2D eigenvalue weighted by atomic mass is 9.97. The number of piperidine rings is 1. The monoisotopic (exact) mass is 371 g/mol. The van der Waals surface area contributed by atoms with Crippen LogP contribution in [-0.4, -0.2) is 37.3 Å². The number of amides is 1. The highest BCUT2D eigenvalue weighted by molar-refractivity contribution is 5.95. The zero-order valence-corrected chi connectivity index (χ0v) is 15.0. The summed E-state index contributed by atoms with van der Waals surface area (Å²) in [5, 5.41) is 0. The quantitative estimate of drug-likeness (QED) is 0.805. The molecule has 27 heavy (non-hydrogen) atoms. The Hall–Kier alpha value is -2.60. The normalized spacial score (nSPS) is 16.6. The largest absolute Gasteiger partial charge is 0.454 e. The second kappa shape index (κ2) is 7.96. The molecule has 2 aromatic rings. The van der Waals surface area contributed by atoms with Gasteiger partial charge in [-0.25, -0.2) is 4.39 Å². The number of rotatable bonds is 5. The van der Waals surface area contributed by atoms with Gasteiger partial charge < -0.3 is 19.1 Å². The summed E-state index contributed by atoms with van der Waals surface area (Å²) in [7, 11) is 0. The van der Waals surface area contributed by atoms with Gasteiger partial charge in [0, 0.05) is 25.3 Å². The minimum atomic E-state index is -0.238. The molecule has 2 aliphatic heterocycles. The van der Waals surface area contributed by atoms with Crippen molar-refractivity contribution in [2.24, 2.45) is 5.92 Å². The molecular weight excluding hydrogens is 349 g/mol. The maximum Gasteiger partial charge on any atom is 0.253 e. The number of likely N-dealkylation sites (tertiary alicyclic amines) is 1. The van der Waals surface area contributed by atoms with E-state index in [9.17, 15) is 9.18 Å². The van der Waals surface area contributed by atoms with E-state index >= 15 is 0 Å². The SMILES string of the molecule is O=C(c1ccc2c(c1)OCO2)N1CCC(COCc2ccc(F)cc2)CC1. The van der Waals surface area contributed by atoms with Crippen LogP contribution >= 0.6 is 0 Å². The zero-order chi connectivity index (χ0) is 18.6. The summed E-state index contributed by atoms with van der Waals surface area (Å²) < 4.78 is 29.3. The van der Waals surface area contributed by atoms with E-state index in [0.29, 0.717) is 36.2 Å². The van der Waals surface area contributed by atoms with E-state index < -0.39 is 0 Å². The van der Waals surface area contributed by atoms with Crippen molar-refractivity contribution >= 4 is 5.91 Å². The number of hydrogen-bond donors (Lipinski definition) is 0. The molecule has 0 atom stereocenters. The van der Waals surface area contributed by atoms with Gasteiger partial charge in [-0.3, -0.25) is 4.79 Å². The van der Waals surface area contributed by atoms with Crippen molar-refractivity contribution in [3.8, 4) is 11.5 Å². The highest BCUT2D eigenvalue weighted by atomic mass is 19.1. The summed E-state index contributed by atoms with van der Waals surface area (Å²) in [6.07, 6.45) is 1.83. The average molecular weight is 371 g/mol. The van der Waals surface area contributed by atoms with Crippen LogP contribution < -0.4 is 9.47 Å². The molecule has 5 nitrogen and oxygen atoms in total. The van der Waals surface area contributed by atoms with Crippen molar-refractivity contribution in [2.75, 3.05) is 26.5 Å². The minimum absolute atomic E-state index is 0.0268. The van der Waals surface area contributed by atoms with Gasteiger partial charge in [0.1, 0.15) is 5.82 Å². The summed E-state index contributed by atoms with van der Waals surface area (Å²) in [4.78, 5) is 14.6. The summed E-state index contributed by atoms with van der Waals surface area (Å²) in [5.74, 6) is 1.54. The van der Waals surface area contributed by atoms with Crippen molar-refractivity contribution < 1.29 is 23.4 Å². The van der Waals surface area contributed by atoms with Crippen LogP contribution in [0.1, 0.15) is 28.8 Å². The number of carbonyl (C=O) groups is 1. The van der Waals surface area contributed by atoms with Gasteiger partial charge >= 0.3 is 0 Å². The van der Waals surface area contributed by atoms with Crippen LogP contribution in [0.4, 0.5) is 4.39 Å². The molecule has 2 heterocycles. The van der Waals surface area contributed by atoms with E-state index in [0.717, 1.165) is 31.5 Å². The van der Waals surface area contributed by atoms with Gasteiger partial charge in [-0.15, -0.1) is 0 Å². The molecule has 2 aliphatic rings. The number of carbonyl (C=O) groups excluding carboxylic acids is 1. The Labute approximate surface area is 157 Å². The van der Waals surface area contributed by atoms with Crippen LogP contribution in [0.2, 0.25) is 0 Å². The highest BCUT2D eigenvalue weighted by Gasteiger charge is 2.25. The number of ether oxygens (including phenoxy) is 3. The van der Waals surface area contributed by atoms with Gasteiger partial charge in [0.25, 0.3) is 5.91 Å². The van der Waals surface area contributed by atoms with Crippen LogP contribution in [0, 0.1) is 11.7 Å². The van der Waals surface area contributed by atoms with Crippen molar-refractivity contribution in [1.29, 1.82) is 0 Å². The summed E-state index contributed by atoms with van der Waals surface area (Å²) in [6, 6.07) is 11.7. The van der Waals surface area contributed by atoms with Gasteiger partial charge in [0.2, 0.25) is 6.79 Å². The molecule has 1 saturated heterocycles. The Morgan fingerprint density at radius 3 is 2.59 bits per heavy atom. The first kappa shape index (κ1) is 17.8. The fourth-order valence-corrected chi connectivity index (χ4v) is 3.44. The van der Waals surface area contributed by atoms with Crippen molar-refractivity contribution in [1.82, 2.24) is 4.90 Å². The van der Waals surface area contributed by atoms with Crippen LogP contribution in [0.15, 0.2) is 42.5 Å². The summed E-state index contributed by atoms with van der Waals surface area (Å²) in [6.45, 7) is 2.78. The lowest BCUT2D eigenvalue weighted by molar-refractivity contribution is 0.0478. The molecule has 142 valence electrons. The zero-order valence-electron chi connectivity index (χ0n) is 15.0. The topological polar surface area (TPSA) is 48.0 Å². The van der Waals surface area contributed by atoms with Crippen LogP contribution in [0.3, 0.4) is 0 Å². The van der Waals surface area contributed by atoms with Crippen molar-refractivity contribution in [3.05, 3.63) is 59.4 Å². The highest BCUT2D eigenvalue weighted by Crippen LogP contribution is 2.33. The van der Waals surface area contributed by atoms with Crippen molar-refractivity contribution in [3.63, 3.8) is 0 Å². The van der Waals surface area contributed by atoms with Gasteiger partial charge in [-0.05, 0) is 54.7 Å². The maximum atomic E-state index is 12.9. The first-order chi connectivity index (χ1) is 13.2. The predicted octanol–water partition coefficient (Wildman–Crippen LogP) is 3.62. The first-order valence-electron chi connectivity index (χ1n) is 9.20. The third-order valence-electron chi connectivity index (χ3n) is 5.06. The fraction of sp³-hybridized carbons (Fsp3) is 0.381. The third kappa shape index (κ3) is 4.22. The number of fused-ring (bicyclic) bond motifs is 1. The number of halogens is 1. The second-order valence-corrected chi connectivity index (χ2v) is 6.95. The van der Waals surface area contributed by atoms with E-state index in [1.165, 1.54) is 12.1 Å². The third-order valence-corrected chi connectivity index (χ3v) is 5.06. The molecule has 0 saturated carbocycles. The molecule has 1 amide bonds. The average Bonchev–Trinajstić information content (AvgIpc) is 3.17. The molecule has 4 rings (SSSR count). The second-order valence-electron chi connectivity index (χ2n) is 6.95. The Balaban J connectivity index is 1.23. The van der Waals surface area contributed by atoms with Gasteiger partial charge in [0.05, 0.1) is 6.61 Å². The number of hydrogen-bond acceptors (Lipinski definition) is 4. The molecule has 0 bridgehead atoms. The Kier molecular flexibility index (Phi) is 5.25. The predicted molar refractivity (Wildman–Crippen MR) is 97.2 cm³/mol. The molecule has 0 spiro atoms. The molecule has 2 aromatic carbocycles. The standard InChI is InChI=1S/C21H22FNO4/c22-18-4-1-15(2-5-18)12-25-13-16-7-9-23(10-8-16)21(24)17-3-6-19-20(11-17)27-14-26-19/h1-6,11,16H,7-10,12-14H2. The van der Waals surface area contributed by atoms with Crippen molar-refractivity contribution in [2.45, 2.75) is 19.4 Å². The Morgan fingerprint density at radius 1 is 1.07 bits per heavy atom. The van der Waals surface area contributed by atoms with Crippen LogP contribution in [0.5, 0.6) is 11.5 Å². The van der Waals surface area contributed by atoms with Gasteiger partial charge in [-0.1, -0.05) is 12.1 Å². The maximum absolute atomic E-state index is 12.9. The summed E-state index contributed by atoms with van der Waals surface area (Å²) >= 11 is 0. The first-order valence-corrected chi connectivity index (χ1v) is 9.20. The molecule has 0 aromatic heterocycles. The molecular formula is C21H22FNO4. The molecule has 0 radical (unpaired) electrons. The van der Waals surface area contributed by atoms with Gasteiger partial charge in [0.15, 0.2) is 11.5 Å².